The number of fused-ring (bicyclic) bond motifs is 1. The first kappa shape index (κ1) is 22.0. The summed E-state index contributed by atoms with van der Waals surface area (Å²) in [4.78, 5) is 0. The molecule has 0 amide bonds. The van der Waals surface area contributed by atoms with Crippen LogP contribution in [-0.2, 0) is 16.4 Å². The van der Waals surface area contributed by atoms with Gasteiger partial charge >= 0.3 is 0 Å². The Morgan fingerprint density at radius 2 is 1.89 bits per heavy atom. The zero-order valence-electron chi connectivity index (χ0n) is 18.7. The van der Waals surface area contributed by atoms with Crippen LogP contribution >= 0.6 is 0 Å². The van der Waals surface area contributed by atoms with Crippen LogP contribution in [0.2, 0.25) is 13.1 Å². The molecule has 1 aromatic carbocycles. The molecule has 4 heteroatoms. The molecule has 0 spiro atoms. The topological polar surface area (TPSA) is 49.7 Å². The predicted octanol–water partition coefficient (Wildman–Crippen LogP) is 4.89. The van der Waals surface area contributed by atoms with Crippen LogP contribution in [0.4, 0.5) is 0 Å². The Hall–Kier alpha value is -0.683. The van der Waals surface area contributed by atoms with Gasteiger partial charge in [-0.1, -0.05) is 45.9 Å². The van der Waals surface area contributed by atoms with Crippen molar-refractivity contribution in [2.24, 2.45) is 11.3 Å². The van der Waals surface area contributed by atoms with E-state index in [9.17, 15) is 10.2 Å². The van der Waals surface area contributed by atoms with Gasteiger partial charge in [-0.3, -0.25) is 0 Å². The van der Waals surface area contributed by atoms with E-state index in [0.717, 1.165) is 32.1 Å². The van der Waals surface area contributed by atoms with Gasteiger partial charge in [0, 0.05) is 12.0 Å². The highest BCUT2D eigenvalue weighted by Crippen LogP contribution is 2.60. The summed E-state index contributed by atoms with van der Waals surface area (Å²) in [5.41, 5.74) is 3.37. The fraction of sp³-hybridized carbons (Fsp3) is 0.750. The highest BCUT2D eigenvalue weighted by molar-refractivity contribution is 6.48. The van der Waals surface area contributed by atoms with Crippen molar-refractivity contribution in [2.75, 3.05) is 6.61 Å². The number of hydrogen-bond acceptors (Lipinski definition) is 3. The standard InChI is InChI=1S/C24H40O3Si/c1-22(2,3)21-9-7-8-19(20(21)16-27-28(5)6)17-10-12-23(4)18(15-25)11-13-24(23,26)14-17/h7-9,17-18,25-26,28H,10-16H2,1-6H3/t17-,18+,23+,24-/m0/s1. The minimum atomic E-state index is -1.11. The van der Waals surface area contributed by atoms with E-state index < -0.39 is 14.6 Å². The van der Waals surface area contributed by atoms with E-state index in [-0.39, 0.29) is 23.4 Å². The Labute approximate surface area is 173 Å². The molecule has 0 aliphatic heterocycles. The fourth-order valence-electron chi connectivity index (χ4n) is 5.81. The second-order valence-electron chi connectivity index (χ2n) is 10.8. The highest BCUT2D eigenvalue weighted by Gasteiger charge is 2.58. The van der Waals surface area contributed by atoms with Gasteiger partial charge in [-0.05, 0) is 79.1 Å². The highest BCUT2D eigenvalue weighted by atomic mass is 28.3. The lowest BCUT2D eigenvalue weighted by Crippen LogP contribution is -2.50. The Bertz CT molecular complexity index is 696. The minimum Gasteiger partial charge on any atom is -0.416 e. The quantitative estimate of drug-likeness (QED) is 0.687. The van der Waals surface area contributed by atoms with Gasteiger partial charge in [0.25, 0.3) is 0 Å². The van der Waals surface area contributed by atoms with Crippen LogP contribution in [-0.4, -0.2) is 31.5 Å². The van der Waals surface area contributed by atoms with Crippen LogP contribution in [0.25, 0.3) is 0 Å². The zero-order chi connectivity index (χ0) is 20.7. The van der Waals surface area contributed by atoms with Crippen LogP contribution in [0, 0.1) is 11.3 Å². The molecule has 4 atom stereocenters. The van der Waals surface area contributed by atoms with Gasteiger partial charge in [-0.15, -0.1) is 0 Å². The third kappa shape index (κ3) is 3.85. The first-order chi connectivity index (χ1) is 13.0. The summed E-state index contributed by atoms with van der Waals surface area (Å²) in [6.45, 7) is 14.4. The molecule has 28 heavy (non-hydrogen) atoms. The molecule has 0 saturated heterocycles. The summed E-state index contributed by atoms with van der Waals surface area (Å²) in [6.07, 6.45) is 4.62. The van der Waals surface area contributed by atoms with Crippen LogP contribution in [0.1, 0.15) is 82.4 Å². The van der Waals surface area contributed by atoms with Gasteiger partial charge in [0.1, 0.15) is 0 Å². The molecule has 2 aliphatic carbocycles. The summed E-state index contributed by atoms with van der Waals surface area (Å²) < 4.78 is 6.20. The Morgan fingerprint density at radius 1 is 1.18 bits per heavy atom. The molecule has 3 rings (SSSR count). The maximum Gasteiger partial charge on any atom is 0.171 e. The molecule has 3 nitrogen and oxygen atoms in total. The summed E-state index contributed by atoms with van der Waals surface area (Å²) >= 11 is 0. The van der Waals surface area contributed by atoms with E-state index in [2.05, 4.69) is 59.0 Å². The number of benzene rings is 1. The summed E-state index contributed by atoms with van der Waals surface area (Å²) in [7, 11) is -1.11. The van der Waals surface area contributed by atoms with E-state index in [1.165, 1.54) is 16.7 Å². The normalized spacial score (nSPS) is 33.3. The molecule has 0 unspecified atom stereocenters. The molecule has 2 N–H and O–H groups in total. The number of aliphatic hydroxyl groups is 2. The van der Waals surface area contributed by atoms with Gasteiger partial charge < -0.3 is 14.6 Å². The van der Waals surface area contributed by atoms with Gasteiger partial charge in [0.15, 0.2) is 9.04 Å². The van der Waals surface area contributed by atoms with Crippen molar-refractivity contribution >= 4 is 9.04 Å². The lowest BCUT2D eigenvalue weighted by molar-refractivity contribution is -0.110. The van der Waals surface area contributed by atoms with E-state index >= 15 is 0 Å². The van der Waals surface area contributed by atoms with E-state index in [4.69, 9.17) is 4.43 Å². The van der Waals surface area contributed by atoms with Crippen LogP contribution in [0.15, 0.2) is 18.2 Å². The lowest BCUT2D eigenvalue weighted by atomic mass is 9.59. The Balaban J connectivity index is 1.96. The second kappa shape index (κ2) is 7.86. The lowest BCUT2D eigenvalue weighted by Gasteiger charge is -2.49. The molecule has 158 valence electrons. The van der Waals surface area contributed by atoms with Crippen LogP contribution < -0.4 is 0 Å². The molecule has 0 aromatic heterocycles. The van der Waals surface area contributed by atoms with Crippen molar-refractivity contribution in [3.8, 4) is 0 Å². The largest absolute Gasteiger partial charge is 0.416 e. The molecule has 0 radical (unpaired) electrons. The summed E-state index contributed by atoms with van der Waals surface area (Å²) in [5.74, 6) is 0.597. The molecule has 2 aliphatic rings. The second-order valence-corrected chi connectivity index (χ2v) is 13.2. The number of hydrogen-bond donors (Lipinski definition) is 2. The van der Waals surface area contributed by atoms with Gasteiger partial charge in [0.2, 0.25) is 0 Å². The third-order valence-corrected chi connectivity index (χ3v) is 8.54. The monoisotopic (exact) mass is 404 g/mol. The zero-order valence-corrected chi connectivity index (χ0v) is 19.9. The van der Waals surface area contributed by atoms with Gasteiger partial charge in [-0.2, -0.15) is 0 Å². The molecular weight excluding hydrogens is 364 g/mol. The first-order valence-corrected chi connectivity index (χ1v) is 13.9. The van der Waals surface area contributed by atoms with Crippen molar-refractivity contribution < 1.29 is 14.6 Å². The van der Waals surface area contributed by atoms with Crippen molar-refractivity contribution in [2.45, 2.75) is 96.4 Å². The van der Waals surface area contributed by atoms with Gasteiger partial charge in [0.05, 0.1) is 12.2 Å². The predicted molar refractivity (Wildman–Crippen MR) is 118 cm³/mol. The first-order valence-electron chi connectivity index (χ1n) is 11.1. The summed E-state index contributed by atoms with van der Waals surface area (Å²) in [5, 5.41) is 21.4. The molecular formula is C24H40O3Si. The smallest absolute Gasteiger partial charge is 0.171 e. The SMILES string of the molecule is C[SiH](C)OCc1c([C@H]2CC[C@]3(C)[C@@H](CO)CC[C@]3(O)C2)cccc1C(C)(C)C. The van der Waals surface area contributed by atoms with Crippen molar-refractivity contribution in [3.05, 3.63) is 34.9 Å². The number of aliphatic hydroxyl groups excluding tert-OH is 1. The molecule has 2 fully saturated rings. The third-order valence-electron chi connectivity index (χ3n) is 7.71. The van der Waals surface area contributed by atoms with E-state index in [1.54, 1.807) is 0 Å². The summed E-state index contributed by atoms with van der Waals surface area (Å²) in [6, 6.07) is 6.71. The average molecular weight is 405 g/mol. The molecule has 2 saturated carbocycles. The Morgan fingerprint density at radius 3 is 2.50 bits per heavy atom. The number of rotatable bonds is 5. The van der Waals surface area contributed by atoms with Crippen LogP contribution in [0.3, 0.4) is 0 Å². The maximum absolute atomic E-state index is 11.6. The van der Waals surface area contributed by atoms with Crippen molar-refractivity contribution in [1.29, 1.82) is 0 Å². The molecule has 1 aromatic rings. The average Bonchev–Trinajstić information content (AvgIpc) is 2.88. The van der Waals surface area contributed by atoms with Crippen LogP contribution in [0.5, 0.6) is 0 Å². The van der Waals surface area contributed by atoms with Gasteiger partial charge in [-0.25, -0.2) is 0 Å². The molecule has 0 bridgehead atoms. The minimum absolute atomic E-state index is 0.0721. The maximum atomic E-state index is 11.6. The van der Waals surface area contributed by atoms with E-state index in [1.807, 2.05) is 0 Å². The molecule has 0 heterocycles. The Kier molecular flexibility index (Phi) is 6.18. The van der Waals surface area contributed by atoms with Crippen molar-refractivity contribution in [1.82, 2.24) is 0 Å². The fourth-order valence-corrected chi connectivity index (χ4v) is 6.31. The van der Waals surface area contributed by atoms with E-state index in [0.29, 0.717) is 12.5 Å². The van der Waals surface area contributed by atoms with Crippen molar-refractivity contribution in [3.63, 3.8) is 0 Å².